The van der Waals surface area contributed by atoms with Crippen molar-refractivity contribution in [3.05, 3.63) is 0 Å². The van der Waals surface area contributed by atoms with E-state index >= 15 is 0 Å². The highest BCUT2D eigenvalue weighted by Gasteiger charge is 2.48. The summed E-state index contributed by atoms with van der Waals surface area (Å²) in [6.07, 6.45) is 8.26. The Morgan fingerprint density at radius 3 is 2.11 bits per heavy atom. The van der Waals surface area contributed by atoms with Gasteiger partial charge in [-0.3, -0.25) is 4.79 Å². The molecule has 108 valence electrons. The molecule has 0 saturated heterocycles. The maximum Gasteiger partial charge on any atom is 0.220 e. The average Bonchev–Trinajstić information content (AvgIpc) is 2.29. The van der Waals surface area contributed by atoms with Crippen LogP contribution < -0.4 is 11.1 Å². The first-order chi connectivity index (χ1) is 8.90. The van der Waals surface area contributed by atoms with Crippen LogP contribution in [0.15, 0.2) is 0 Å². The second-order valence-corrected chi connectivity index (χ2v) is 8.01. The van der Waals surface area contributed by atoms with Gasteiger partial charge in [0.05, 0.1) is 0 Å². The lowest BCUT2D eigenvalue weighted by Crippen LogP contribution is -2.56. The molecule has 0 radical (unpaired) electrons. The van der Waals surface area contributed by atoms with Crippen molar-refractivity contribution in [2.45, 2.75) is 70.4 Å². The Hall–Kier alpha value is -0.570. The van der Waals surface area contributed by atoms with Crippen molar-refractivity contribution < 1.29 is 4.79 Å². The van der Waals surface area contributed by atoms with Gasteiger partial charge in [-0.2, -0.15) is 0 Å². The van der Waals surface area contributed by atoms with Crippen LogP contribution in [0.3, 0.4) is 0 Å². The van der Waals surface area contributed by atoms with Crippen LogP contribution >= 0.6 is 0 Å². The molecule has 3 N–H and O–H groups in total. The van der Waals surface area contributed by atoms with Crippen LogP contribution in [0.5, 0.6) is 0 Å². The number of carbonyl (C=O) groups is 1. The maximum atomic E-state index is 12.1. The Morgan fingerprint density at radius 1 is 1.11 bits per heavy atom. The van der Waals surface area contributed by atoms with Gasteiger partial charge in [-0.1, -0.05) is 0 Å². The van der Waals surface area contributed by atoms with Crippen molar-refractivity contribution in [1.82, 2.24) is 5.32 Å². The van der Waals surface area contributed by atoms with E-state index in [-0.39, 0.29) is 11.4 Å². The second-order valence-electron chi connectivity index (χ2n) is 8.01. The van der Waals surface area contributed by atoms with Gasteiger partial charge < -0.3 is 11.1 Å². The zero-order chi connectivity index (χ0) is 13.6. The third-order valence-electron chi connectivity index (χ3n) is 5.55. The highest BCUT2D eigenvalue weighted by Crippen LogP contribution is 2.53. The minimum absolute atomic E-state index is 0.219. The van der Waals surface area contributed by atoms with Crippen molar-refractivity contribution in [3.8, 4) is 0 Å². The fourth-order valence-electron chi connectivity index (χ4n) is 4.85. The van der Waals surface area contributed by atoms with E-state index in [9.17, 15) is 4.79 Å². The molecule has 4 saturated carbocycles. The summed E-state index contributed by atoms with van der Waals surface area (Å²) in [4.78, 5) is 12.1. The summed E-state index contributed by atoms with van der Waals surface area (Å²) in [5, 5.41) is 3.34. The minimum atomic E-state index is -0.235. The zero-order valence-corrected chi connectivity index (χ0v) is 12.3. The van der Waals surface area contributed by atoms with Gasteiger partial charge in [0, 0.05) is 18.0 Å². The number of carbonyl (C=O) groups excluding carboxylic acids is 1. The molecule has 3 nitrogen and oxygen atoms in total. The van der Waals surface area contributed by atoms with Crippen molar-refractivity contribution in [2.24, 2.45) is 29.4 Å². The van der Waals surface area contributed by atoms with Crippen molar-refractivity contribution in [3.63, 3.8) is 0 Å². The molecule has 0 heterocycles. The Bertz CT molecular complexity index is 330. The largest absolute Gasteiger partial charge is 0.353 e. The summed E-state index contributed by atoms with van der Waals surface area (Å²) in [7, 11) is 0. The van der Waals surface area contributed by atoms with Gasteiger partial charge in [0.25, 0.3) is 0 Å². The van der Waals surface area contributed by atoms with Gasteiger partial charge in [0.1, 0.15) is 0 Å². The Morgan fingerprint density at radius 2 is 1.63 bits per heavy atom. The molecule has 19 heavy (non-hydrogen) atoms. The Kier molecular flexibility index (Phi) is 3.36. The standard InChI is InChI=1S/C16H28N2O/c1-16(2,17)4-3-14(19)18-15-12-6-10-5-11(8-12)9-13(15)7-10/h10-13,15H,3-9,17H2,1-2H3,(H,18,19). The molecular weight excluding hydrogens is 236 g/mol. The Labute approximate surface area is 116 Å². The van der Waals surface area contributed by atoms with Crippen LogP contribution in [0.1, 0.15) is 58.8 Å². The summed E-state index contributed by atoms with van der Waals surface area (Å²) in [6, 6.07) is 0.473. The molecule has 0 spiro atoms. The fraction of sp³-hybridized carbons (Fsp3) is 0.938. The SMILES string of the molecule is CC(C)(N)CCC(=O)NC1C2CC3CC(C2)CC1C3. The number of hydrogen-bond acceptors (Lipinski definition) is 2. The van der Waals surface area contributed by atoms with Crippen molar-refractivity contribution >= 4 is 5.91 Å². The lowest BCUT2D eigenvalue weighted by Gasteiger charge is -2.54. The quantitative estimate of drug-likeness (QED) is 0.819. The third-order valence-corrected chi connectivity index (χ3v) is 5.55. The molecule has 0 aliphatic heterocycles. The van der Waals surface area contributed by atoms with E-state index in [0.29, 0.717) is 12.5 Å². The number of rotatable bonds is 4. The van der Waals surface area contributed by atoms with Gasteiger partial charge in [-0.25, -0.2) is 0 Å². The fourth-order valence-corrected chi connectivity index (χ4v) is 4.85. The first-order valence-electron chi connectivity index (χ1n) is 7.99. The van der Waals surface area contributed by atoms with Gasteiger partial charge in [-0.15, -0.1) is 0 Å². The molecule has 4 aliphatic rings. The van der Waals surface area contributed by atoms with Crippen LogP contribution in [0, 0.1) is 23.7 Å². The molecule has 0 unspecified atom stereocenters. The van der Waals surface area contributed by atoms with E-state index in [1.54, 1.807) is 0 Å². The molecule has 0 atom stereocenters. The van der Waals surface area contributed by atoms with Gasteiger partial charge in [0.2, 0.25) is 5.91 Å². The van der Waals surface area contributed by atoms with E-state index in [0.717, 1.165) is 30.1 Å². The van der Waals surface area contributed by atoms with E-state index in [1.807, 2.05) is 13.8 Å². The molecule has 0 aromatic rings. The summed E-state index contributed by atoms with van der Waals surface area (Å²) in [5.41, 5.74) is 5.72. The Balaban J connectivity index is 1.54. The highest BCUT2D eigenvalue weighted by atomic mass is 16.1. The maximum absolute atomic E-state index is 12.1. The van der Waals surface area contributed by atoms with Gasteiger partial charge >= 0.3 is 0 Å². The molecule has 0 aromatic carbocycles. The lowest BCUT2D eigenvalue weighted by atomic mass is 9.54. The monoisotopic (exact) mass is 264 g/mol. The van der Waals surface area contributed by atoms with Crippen molar-refractivity contribution in [1.29, 1.82) is 0 Å². The predicted octanol–water partition coefficient (Wildman–Crippen LogP) is 2.44. The normalized spacial score (nSPS) is 40.5. The first kappa shape index (κ1) is 13.4. The molecule has 1 amide bonds. The molecule has 3 heteroatoms. The third kappa shape index (κ3) is 2.96. The average molecular weight is 264 g/mol. The summed E-state index contributed by atoms with van der Waals surface area (Å²) >= 11 is 0. The number of amides is 1. The molecule has 4 aliphatic carbocycles. The number of nitrogens with one attached hydrogen (secondary N) is 1. The first-order valence-corrected chi connectivity index (χ1v) is 7.99. The molecule has 4 fully saturated rings. The molecule has 0 aromatic heterocycles. The topological polar surface area (TPSA) is 55.1 Å². The van der Waals surface area contributed by atoms with Crippen molar-refractivity contribution in [2.75, 3.05) is 0 Å². The second kappa shape index (κ2) is 4.76. The van der Waals surface area contributed by atoms with E-state index in [4.69, 9.17) is 5.73 Å². The number of hydrogen-bond donors (Lipinski definition) is 2. The summed E-state index contributed by atoms with van der Waals surface area (Å²) in [6.45, 7) is 3.98. The highest BCUT2D eigenvalue weighted by molar-refractivity contribution is 5.76. The summed E-state index contributed by atoms with van der Waals surface area (Å²) < 4.78 is 0. The number of nitrogens with two attached hydrogens (primary N) is 1. The van der Waals surface area contributed by atoms with E-state index in [2.05, 4.69) is 5.32 Å². The van der Waals surface area contributed by atoms with Crippen LogP contribution in [0.4, 0.5) is 0 Å². The van der Waals surface area contributed by atoms with E-state index in [1.165, 1.54) is 32.1 Å². The van der Waals surface area contributed by atoms with E-state index < -0.39 is 0 Å². The minimum Gasteiger partial charge on any atom is -0.353 e. The van der Waals surface area contributed by atoms with Crippen LogP contribution in [0.2, 0.25) is 0 Å². The van der Waals surface area contributed by atoms with Gasteiger partial charge in [-0.05, 0) is 76.0 Å². The summed E-state index contributed by atoms with van der Waals surface area (Å²) in [5.74, 6) is 3.70. The van der Waals surface area contributed by atoms with Gasteiger partial charge in [0.15, 0.2) is 0 Å². The smallest absolute Gasteiger partial charge is 0.220 e. The predicted molar refractivity (Wildman–Crippen MR) is 76.5 cm³/mol. The lowest BCUT2D eigenvalue weighted by molar-refractivity contribution is -0.125. The van der Waals surface area contributed by atoms with Crippen LogP contribution in [-0.4, -0.2) is 17.5 Å². The molecular formula is C16H28N2O. The van der Waals surface area contributed by atoms with Crippen LogP contribution in [0.25, 0.3) is 0 Å². The van der Waals surface area contributed by atoms with Crippen LogP contribution in [-0.2, 0) is 4.79 Å². The molecule has 4 rings (SSSR count). The zero-order valence-electron chi connectivity index (χ0n) is 12.3. The molecule has 4 bridgehead atoms.